The third kappa shape index (κ3) is 5.06. The molecule has 1 aliphatic heterocycles. The Kier molecular flexibility index (Phi) is 7.32. The first-order valence-corrected chi connectivity index (χ1v) is 13.9. The van der Waals surface area contributed by atoms with Crippen LogP contribution in [0, 0.1) is 5.92 Å². The molecule has 0 aliphatic carbocycles. The lowest BCUT2D eigenvalue weighted by atomic mass is 9.96. The number of anilines is 1. The topological polar surface area (TPSA) is 62.5 Å². The number of hydrogen-bond donors (Lipinski definition) is 1. The number of fused-ring (bicyclic) bond motifs is 1. The average molecular weight is 571 g/mol. The molecule has 0 spiro atoms. The summed E-state index contributed by atoms with van der Waals surface area (Å²) < 4.78 is 2.63. The van der Waals surface area contributed by atoms with E-state index in [1.807, 2.05) is 70.3 Å². The minimum absolute atomic E-state index is 0.128. The van der Waals surface area contributed by atoms with Crippen LogP contribution in [0.3, 0.4) is 0 Å². The van der Waals surface area contributed by atoms with E-state index in [-0.39, 0.29) is 5.91 Å². The van der Waals surface area contributed by atoms with Crippen molar-refractivity contribution in [1.82, 2.24) is 19.5 Å². The van der Waals surface area contributed by atoms with Crippen LogP contribution in [-0.4, -0.2) is 51.3 Å². The van der Waals surface area contributed by atoms with Gasteiger partial charge in [-0.1, -0.05) is 41.9 Å². The van der Waals surface area contributed by atoms with Crippen LogP contribution >= 0.6 is 39.3 Å². The first kappa shape index (κ1) is 24.2. The molecule has 180 valence electrons. The molecule has 1 N–H and O–H groups in total. The van der Waals surface area contributed by atoms with Crippen molar-refractivity contribution in [2.24, 2.45) is 5.92 Å². The summed E-state index contributed by atoms with van der Waals surface area (Å²) in [7, 11) is 0. The molecular weight excluding hydrogens is 546 g/mol. The summed E-state index contributed by atoms with van der Waals surface area (Å²) in [5.41, 5.74) is 3.20. The molecule has 1 aliphatic rings. The highest BCUT2D eigenvalue weighted by molar-refractivity contribution is 9.10. The van der Waals surface area contributed by atoms with Gasteiger partial charge in [-0.25, -0.2) is 4.98 Å². The molecule has 0 unspecified atom stereocenters. The number of thioether (sulfide) groups is 1. The monoisotopic (exact) mass is 569 g/mol. The van der Waals surface area contributed by atoms with E-state index in [1.54, 1.807) is 18.0 Å². The Morgan fingerprint density at radius 1 is 1.17 bits per heavy atom. The normalized spacial score (nSPS) is 14.4. The number of likely N-dealkylation sites (tertiary alicyclic amines) is 1. The summed E-state index contributed by atoms with van der Waals surface area (Å²) in [6, 6.07) is 17.5. The summed E-state index contributed by atoms with van der Waals surface area (Å²) >= 11 is 11.6. The van der Waals surface area contributed by atoms with Crippen molar-refractivity contribution in [2.75, 3.05) is 31.2 Å². The van der Waals surface area contributed by atoms with Gasteiger partial charge in [-0.05, 0) is 59.1 Å². The summed E-state index contributed by atoms with van der Waals surface area (Å²) in [5.74, 6) is 1.45. The molecule has 9 heteroatoms. The Labute approximate surface area is 222 Å². The number of nitrogens with zero attached hydrogens (tertiary/aromatic N) is 4. The van der Waals surface area contributed by atoms with Gasteiger partial charge in [-0.2, -0.15) is 9.61 Å². The summed E-state index contributed by atoms with van der Waals surface area (Å²) in [6.45, 7) is 2.32. The highest BCUT2D eigenvalue weighted by atomic mass is 79.9. The number of benzene rings is 2. The molecule has 2 aromatic heterocycles. The standard InChI is InChI=1S/C26H25BrClN5OS/c1-35-23-9-5-3-7-19(23)26(34)32-12-10-17(11-13-32)15-29-24-14-22(18-6-2-4-8-21(18)28)31-25-20(27)16-30-33(24)25/h2-9,14,16-17,29H,10-13,15H2,1H3. The van der Waals surface area contributed by atoms with Crippen LogP contribution in [0.4, 0.5) is 5.82 Å². The van der Waals surface area contributed by atoms with Gasteiger partial charge >= 0.3 is 0 Å². The summed E-state index contributed by atoms with van der Waals surface area (Å²) in [6.07, 6.45) is 5.67. The molecule has 5 rings (SSSR count). The van der Waals surface area contributed by atoms with E-state index in [4.69, 9.17) is 16.6 Å². The fourth-order valence-corrected chi connectivity index (χ4v) is 5.62. The molecule has 2 aromatic carbocycles. The fraction of sp³-hybridized carbons (Fsp3) is 0.269. The van der Waals surface area contributed by atoms with Gasteiger partial charge in [0.15, 0.2) is 5.65 Å². The maximum absolute atomic E-state index is 13.1. The number of rotatable bonds is 6. The van der Waals surface area contributed by atoms with Crippen molar-refractivity contribution in [3.8, 4) is 11.3 Å². The largest absolute Gasteiger partial charge is 0.370 e. The van der Waals surface area contributed by atoms with Crippen LogP contribution in [-0.2, 0) is 0 Å². The smallest absolute Gasteiger partial charge is 0.254 e. The number of carbonyl (C=O) groups is 1. The van der Waals surface area contributed by atoms with Crippen LogP contribution in [0.15, 0.2) is 70.2 Å². The highest BCUT2D eigenvalue weighted by Crippen LogP contribution is 2.31. The van der Waals surface area contributed by atoms with Crippen LogP contribution in [0.1, 0.15) is 23.2 Å². The number of nitrogens with one attached hydrogen (secondary N) is 1. The number of hydrogen-bond acceptors (Lipinski definition) is 5. The van der Waals surface area contributed by atoms with Crippen molar-refractivity contribution in [3.63, 3.8) is 0 Å². The second-order valence-corrected chi connectivity index (χ2v) is 10.7. The molecule has 1 saturated heterocycles. The SMILES string of the molecule is CSc1ccccc1C(=O)N1CCC(CNc2cc(-c3ccccc3Cl)nc3c(Br)cnn23)CC1. The number of aromatic nitrogens is 3. The maximum Gasteiger partial charge on any atom is 0.254 e. The number of piperidine rings is 1. The van der Waals surface area contributed by atoms with Gasteiger partial charge in [0.05, 0.1) is 21.9 Å². The second kappa shape index (κ2) is 10.6. The molecule has 0 atom stereocenters. The van der Waals surface area contributed by atoms with Crippen molar-refractivity contribution in [1.29, 1.82) is 0 Å². The van der Waals surface area contributed by atoms with Crippen LogP contribution in [0.25, 0.3) is 16.9 Å². The van der Waals surface area contributed by atoms with E-state index >= 15 is 0 Å². The molecule has 0 bridgehead atoms. The van der Waals surface area contributed by atoms with E-state index in [9.17, 15) is 4.79 Å². The van der Waals surface area contributed by atoms with Gasteiger partial charge in [0.25, 0.3) is 5.91 Å². The average Bonchev–Trinajstić information content (AvgIpc) is 3.28. The highest BCUT2D eigenvalue weighted by Gasteiger charge is 2.25. The zero-order valence-corrected chi connectivity index (χ0v) is 22.4. The van der Waals surface area contributed by atoms with Gasteiger partial charge in [0, 0.05) is 41.2 Å². The molecule has 1 amide bonds. The van der Waals surface area contributed by atoms with E-state index in [0.717, 1.165) is 70.1 Å². The zero-order chi connectivity index (χ0) is 24.4. The Morgan fingerprint density at radius 2 is 1.91 bits per heavy atom. The molecular formula is C26H25BrClN5OS. The Morgan fingerprint density at radius 3 is 2.69 bits per heavy atom. The molecule has 0 radical (unpaired) electrons. The van der Waals surface area contributed by atoms with E-state index < -0.39 is 0 Å². The molecule has 3 heterocycles. The van der Waals surface area contributed by atoms with Gasteiger partial charge in [0.2, 0.25) is 0 Å². The van der Waals surface area contributed by atoms with E-state index in [0.29, 0.717) is 10.9 Å². The number of amides is 1. The Balaban J connectivity index is 1.28. The van der Waals surface area contributed by atoms with Crippen LogP contribution < -0.4 is 5.32 Å². The van der Waals surface area contributed by atoms with Crippen LogP contribution in [0.2, 0.25) is 5.02 Å². The zero-order valence-electron chi connectivity index (χ0n) is 19.2. The molecule has 35 heavy (non-hydrogen) atoms. The third-order valence-electron chi connectivity index (χ3n) is 6.39. The number of carbonyl (C=O) groups excluding carboxylic acids is 1. The van der Waals surface area contributed by atoms with Crippen molar-refractivity contribution < 1.29 is 4.79 Å². The van der Waals surface area contributed by atoms with Gasteiger partial charge in [0.1, 0.15) is 5.82 Å². The maximum atomic E-state index is 13.1. The molecule has 4 aromatic rings. The van der Waals surface area contributed by atoms with Gasteiger partial charge in [-0.3, -0.25) is 4.79 Å². The molecule has 1 fully saturated rings. The van der Waals surface area contributed by atoms with Gasteiger partial charge in [-0.15, -0.1) is 11.8 Å². The first-order valence-electron chi connectivity index (χ1n) is 11.5. The van der Waals surface area contributed by atoms with Crippen molar-refractivity contribution >= 4 is 56.7 Å². The first-order chi connectivity index (χ1) is 17.0. The molecule has 6 nitrogen and oxygen atoms in total. The van der Waals surface area contributed by atoms with Gasteiger partial charge < -0.3 is 10.2 Å². The van der Waals surface area contributed by atoms with Crippen molar-refractivity contribution in [3.05, 3.63) is 75.9 Å². The van der Waals surface area contributed by atoms with E-state index in [1.165, 1.54) is 0 Å². The van der Waals surface area contributed by atoms with Crippen LogP contribution in [0.5, 0.6) is 0 Å². The lowest BCUT2D eigenvalue weighted by Crippen LogP contribution is -2.40. The Bertz CT molecular complexity index is 1370. The fourth-order valence-electron chi connectivity index (χ4n) is 4.45. The summed E-state index contributed by atoms with van der Waals surface area (Å²) in [4.78, 5) is 20.9. The predicted molar refractivity (Wildman–Crippen MR) is 146 cm³/mol. The lowest BCUT2D eigenvalue weighted by Gasteiger charge is -2.32. The quantitative estimate of drug-likeness (QED) is 0.268. The van der Waals surface area contributed by atoms with Crippen molar-refractivity contribution in [2.45, 2.75) is 17.7 Å². The third-order valence-corrected chi connectivity index (χ3v) is 8.07. The second-order valence-electron chi connectivity index (χ2n) is 8.55. The van der Waals surface area contributed by atoms with E-state index in [2.05, 4.69) is 26.3 Å². The lowest BCUT2D eigenvalue weighted by molar-refractivity contribution is 0.0691. The summed E-state index contributed by atoms with van der Waals surface area (Å²) in [5, 5.41) is 8.72. The minimum atomic E-state index is 0.128. The Hall–Kier alpha value is -2.55. The predicted octanol–water partition coefficient (Wildman–Crippen LogP) is 6.50. The molecule has 0 saturated carbocycles. The number of halogens is 2. The minimum Gasteiger partial charge on any atom is -0.370 e.